The topological polar surface area (TPSA) is 75.4 Å². The first kappa shape index (κ1) is 15.4. The number of phenolic OH excluding ortho intramolecular Hbond substituents is 1. The second-order valence-corrected chi connectivity index (χ2v) is 5.35. The summed E-state index contributed by atoms with van der Waals surface area (Å²) in [6, 6.07) is 7.57. The minimum Gasteiger partial charge on any atom is -0.506 e. The molecule has 21 heavy (non-hydrogen) atoms. The van der Waals surface area contributed by atoms with E-state index < -0.39 is 4.92 Å². The van der Waals surface area contributed by atoms with Crippen LogP contribution in [0.5, 0.6) is 5.75 Å². The van der Waals surface area contributed by atoms with Gasteiger partial charge in [0, 0.05) is 35.0 Å². The SMILES string of the molecule is Cc1ccc([N+](=O)[O-])cc1NCc1cc(Cl)cc(Cl)c1O. The maximum atomic E-state index is 10.8. The summed E-state index contributed by atoms with van der Waals surface area (Å²) in [5.41, 5.74) is 1.97. The van der Waals surface area contributed by atoms with E-state index in [1.807, 2.05) is 6.92 Å². The summed E-state index contributed by atoms with van der Waals surface area (Å²) in [6.07, 6.45) is 0. The van der Waals surface area contributed by atoms with E-state index in [0.717, 1.165) is 5.56 Å². The largest absolute Gasteiger partial charge is 0.506 e. The lowest BCUT2D eigenvalue weighted by Gasteiger charge is -2.11. The highest BCUT2D eigenvalue weighted by Crippen LogP contribution is 2.32. The Bertz CT molecular complexity index is 705. The molecule has 5 nitrogen and oxygen atoms in total. The zero-order valence-corrected chi connectivity index (χ0v) is 12.6. The molecule has 0 fully saturated rings. The first-order chi connectivity index (χ1) is 9.88. The molecular weight excluding hydrogens is 315 g/mol. The number of aromatic hydroxyl groups is 1. The van der Waals surface area contributed by atoms with Crippen molar-refractivity contribution in [3.63, 3.8) is 0 Å². The number of aryl methyl sites for hydroxylation is 1. The number of rotatable bonds is 4. The first-order valence-corrected chi connectivity index (χ1v) is 6.80. The van der Waals surface area contributed by atoms with E-state index in [1.165, 1.54) is 18.2 Å². The lowest BCUT2D eigenvalue weighted by molar-refractivity contribution is -0.384. The lowest BCUT2D eigenvalue weighted by Crippen LogP contribution is -2.02. The Morgan fingerprint density at radius 3 is 2.67 bits per heavy atom. The number of nitrogens with one attached hydrogen (secondary N) is 1. The van der Waals surface area contributed by atoms with Crippen LogP contribution < -0.4 is 5.32 Å². The van der Waals surface area contributed by atoms with Gasteiger partial charge < -0.3 is 10.4 Å². The molecule has 2 aromatic carbocycles. The minimum atomic E-state index is -0.460. The van der Waals surface area contributed by atoms with Crippen molar-refractivity contribution in [2.75, 3.05) is 5.32 Å². The third-order valence-corrected chi connectivity index (χ3v) is 3.51. The average molecular weight is 327 g/mol. The summed E-state index contributed by atoms with van der Waals surface area (Å²) >= 11 is 11.7. The van der Waals surface area contributed by atoms with Crippen LogP contribution in [0.2, 0.25) is 10.0 Å². The monoisotopic (exact) mass is 326 g/mol. The summed E-state index contributed by atoms with van der Waals surface area (Å²) in [5, 5.41) is 24.3. The summed E-state index contributed by atoms with van der Waals surface area (Å²) in [5.74, 6) is -0.0587. The van der Waals surface area contributed by atoms with Gasteiger partial charge in [0.05, 0.1) is 9.95 Å². The molecule has 0 aromatic heterocycles. The summed E-state index contributed by atoms with van der Waals surface area (Å²) in [6.45, 7) is 2.07. The van der Waals surface area contributed by atoms with Gasteiger partial charge in [-0.25, -0.2) is 0 Å². The molecule has 2 aromatic rings. The predicted octanol–water partition coefficient (Wildman–Crippen LogP) is 4.53. The fourth-order valence-electron chi connectivity index (χ4n) is 1.86. The van der Waals surface area contributed by atoms with E-state index in [9.17, 15) is 15.2 Å². The second-order valence-electron chi connectivity index (χ2n) is 4.51. The van der Waals surface area contributed by atoms with Gasteiger partial charge in [-0.3, -0.25) is 10.1 Å². The van der Waals surface area contributed by atoms with Crippen LogP contribution in [0.15, 0.2) is 30.3 Å². The number of anilines is 1. The van der Waals surface area contributed by atoms with Crippen molar-refractivity contribution in [1.82, 2.24) is 0 Å². The number of halogens is 2. The second kappa shape index (κ2) is 6.20. The molecule has 0 unspecified atom stereocenters. The number of nitro benzene ring substituents is 1. The standard InChI is InChI=1S/C14H12Cl2N2O3/c1-8-2-3-11(18(20)21)6-13(8)17-7-9-4-10(15)5-12(16)14(9)19/h2-6,17,19H,7H2,1H3. The van der Waals surface area contributed by atoms with Crippen LogP contribution in [0.25, 0.3) is 0 Å². The predicted molar refractivity (Wildman–Crippen MR) is 83.3 cm³/mol. The highest BCUT2D eigenvalue weighted by molar-refractivity contribution is 6.35. The third-order valence-electron chi connectivity index (χ3n) is 3.01. The lowest BCUT2D eigenvalue weighted by atomic mass is 10.1. The number of hydrogen-bond donors (Lipinski definition) is 2. The number of hydrogen-bond acceptors (Lipinski definition) is 4. The smallest absolute Gasteiger partial charge is 0.271 e. The Hall–Kier alpha value is -1.98. The fourth-order valence-corrected chi connectivity index (χ4v) is 2.39. The Labute approximate surface area is 131 Å². The van der Waals surface area contributed by atoms with Crippen LogP contribution in [0, 0.1) is 17.0 Å². The van der Waals surface area contributed by atoms with E-state index in [1.54, 1.807) is 12.1 Å². The third kappa shape index (κ3) is 3.56. The number of benzene rings is 2. The Kier molecular flexibility index (Phi) is 4.55. The van der Waals surface area contributed by atoms with Gasteiger partial charge in [-0.05, 0) is 24.6 Å². The molecule has 2 N–H and O–H groups in total. The van der Waals surface area contributed by atoms with Crippen LogP contribution in [0.3, 0.4) is 0 Å². The summed E-state index contributed by atoms with van der Waals surface area (Å²) in [4.78, 5) is 10.3. The van der Waals surface area contributed by atoms with Gasteiger partial charge in [-0.2, -0.15) is 0 Å². The molecule has 0 spiro atoms. The number of nitrogens with zero attached hydrogens (tertiary/aromatic N) is 1. The van der Waals surface area contributed by atoms with Crippen molar-refractivity contribution in [2.24, 2.45) is 0 Å². The molecule has 0 aliphatic carbocycles. The van der Waals surface area contributed by atoms with Crippen molar-refractivity contribution in [3.05, 3.63) is 61.6 Å². The number of nitro groups is 1. The molecule has 2 rings (SSSR count). The first-order valence-electron chi connectivity index (χ1n) is 6.04. The van der Waals surface area contributed by atoms with Crippen LogP contribution in [0.1, 0.15) is 11.1 Å². The van der Waals surface area contributed by atoms with E-state index in [0.29, 0.717) is 16.3 Å². The molecule has 0 atom stereocenters. The van der Waals surface area contributed by atoms with Crippen molar-refractivity contribution in [1.29, 1.82) is 0 Å². The van der Waals surface area contributed by atoms with Gasteiger partial charge in [0.15, 0.2) is 0 Å². The number of phenols is 1. The van der Waals surface area contributed by atoms with Crippen LogP contribution >= 0.6 is 23.2 Å². The van der Waals surface area contributed by atoms with Gasteiger partial charge in [0.25, 0.3) is 5.69 Å². The maximum Gasteiger partial charge on any atom is 0.271 e. The van der Waals surface area contributed by atoms with E-state index in [4.69, 9.17) is 23.2 Å². The van der Waals surface area contributed by atoms with E-state index in [2.05, 4.69) is 5.32 Å². The van der Waals surface area contributed by atoms with Crippen molar-refractivity contribution in [3.8, 4) is 5.75 Å². The zero-order valence-electron chi connectivity index (χ0n) is 11.1. The van der Waals surface area contributed by atoms with Crippen LogP contribution in [-0.2, 0) is 6.54 Å². The van der Waals surface area contributed by atoms with E-state index in [-0.39, 0.29) is 23.0 Å². The zero-order chi connectivity index (χ0) is 15.6. The quantitative estimate of drug-likeness (QED) is 0.639. The maximum absolute atomic E-state index is 10.8. The molecule has 110 valence electrons. The Balaban J connectivity index is 2.24. The number of non-ortho nitro benzene ring substituents is 1. The Morgan fingerprint density at radius 1 is 1.29 bits per heavy atom. The molecular formula is C14H12Cl2N2O3. The molecule has 0 saturated heterocycles. The fraction of sp³-hybridized carbons (Fsp3) is 0.143. The molecule has 0 amide bonds. The highest BCUT2D eigenvalue weighted by Gasteiger charge is 2.11. The van der Waals surface area contributed by atoms with Gasteiger partial charge in [-0.1, -0.05) is 29.3 Å². The minimum absolute atomic E-state index is 0.00329. The highest BCUT2D eigenvalue weighted by atomic mass is 35.5. The van der Waals surface area contributed by atoms with Crippen molar-refractivity contribution >= 4 is 34.6 Å². The normalized spacial score (nSPS) is 10.4. The molecule has 0 heterocycles. The molecule has 0 aliphatic heterocycles. The van der Waals surface area contributed by atoms with Gasteiger partial charge in [0.2, 0.25) is 0 Å². The summed E-state index contributed by atoms with van der Waals surface area (Å²) in [7, 11) is 0. The average Bonchev–Trinajstić information content (AvgIpc) is 2.42. The summed E-state index contributed by atoms with van der Waals surface area (Å²) < 4.78 is 0. The van der Waals surface area contributed by atoms with Gasteiger partial charge >= 0.3 is 0 Å². The van der Waals surface area contributed by atoms with Gasteiger partial charge in [0.1, 0.15) is 5.75 Å². The van der Waals surface area contributed by atoms with E-state index >= 15 is 0 Å². The van der Waals surface area contributed by atoms with Crippen LogP contribution in [-0.4, -0.2) is 10.0 Å². The molecule has 7 heteroatoms. The van der Waals surface area contributed by atoms with Crippen molar-refractivity contribution in [2.45, 2.75) is 13.5 Å². The van der Waals surface area contributed by atoms with Crippen LogP contribution in [0.4, 0.5) is 11.4 Å². The molecule has 0 radical (unpaired) electrons. The molecule has 0 bridgehead atoms. The molecule has 0 aliphatic rings. The van der Waals surface area contributed by atoms with Crippen molar-refractivity contribution < 1.29 is 10.0 Å². The van der Waals surface area contributed by atoms with Gasteiger partial charge in [-0.15, -0.1) is 0 Å². The molecule has 0 saturated carbocycles. The Morgan fingerprint density at radius 2 is 2.00 bits per heavy atom.